The molecule has 1 aromatic carbocycles. The fourth-order valence-electron chi connectivity index (χ4n) is 1.65. The fourth-order valence-corrected chi connectivity index (χ4v) is 1.65. The van der Waals surface area contributed by atoms with Crippen molar-refractivity contribution < 1.29 is 4.79 Å². The number of unbranched alkanes of at least 4 members (excludes halogenated alkanes) is 1. The van der Waals surface area contributed by atoms with E-state index in [1.807, 2.05) is 18.2 Å². The van der Waals surface area contributed by atoms with Crippen LogP contribution in [0.4, 0.5) is 0 Å². The zero-order valence-electron chi connectivity index (χ0n) is 10.2. The summed E-state index contributed by atoms with van der Waals surface area (Å²) in [7, 11) is 0. The van der Waals surface area contributed by atoms with Gasteiger partial charge in [-0.2, -0.15) is 0 Å². The van der Waals surface area contributed by atoms with E-state index in [0.29, 0.717) is 6.42 Å². The van der Waals surface area contributed by atoms with Crippen molar-refractivity contribution in [2.24, 2.45) is 0 Å². The quantitative estimate of drug-likeness (QED) is 0.695. The molecule has 0 aliphatic carbocycles. The average Bonchev–Trinajstić information content (AvgIpc) is 2.30. The summed E-state index contributed by atoms with van der Waals surface area (Å²) < 4.78 is 0. The van der Waals surface area contributed by atoms with Crippen LogP contribution in [-0.2, 0) is 4.79 Å². The van der Waals surface area contributed by atoms with E-state index in [2.05, 4.69) is 25.1 Å². The maximum absolute atomic E-state index is 11.0. The number of allylic oxidation sites excluding steroid dienone is 2. The molecule has 0 bridgehead atoms. The first-order valence-corrected chi connectivity index (χ1v) is 5.98. The molecule has 86 valence electrons. The molecular weight excluding hydrogens is 196 g/mol. The Morgan fingerprint density at radius 1 is 1.25 bits per heavy atom. The highest BCUT2D eigenvalue weighted by atomic mass is 16.1. The zero-order valence-corrected chi connectivity index (χ0v) is 10.2. The van der Waals surface area contributed by atoms with Gasteiger partial charge < -0.3 is 0 Å². The number of hydrogen-bond donors (Lipinski definition) is 0. The Hall–Kier alpha value is -1.37. The maximum Gasteiger partial charge on any atom is 0.133 e. The van der Waals surface area contributed by atoms with Gasteiger partial charge >= 0.3 is 0 Å². The first-order chi connectivity index (χ1) is 7.74. The van der Waals surface area contributed by atoms with Crippen molar-refractivity contribution in [2.45, 2.75) is 39.5 Å². The molecule has 0 unspecified atom stereocenters. The Balaban J connectivity index is 2.78. The van der Waals surface area contributed by atoms with E-state index in [0.717, 1.165) is 6.42 Å². The van der Waals surface area contributed by atoms with Gasteiger partial charge in [-0.15, -0.1) is 0 Å². The summed E-state index contributed by atoms with van der Waals surface area (Å²) in [5.74, 6) is 0.227. The number of rotatable bonds is 6. The zero-order chi connectivity index (χ0) is 11.8. The largest absolute Gasteiger partial charge is 0.300 e. The monoisotopic (exact) mass is 216 g/mol. The normalized spacial score (nSPS) is 11.5. The Labute approximate surface area is 98.2 Å². The van der Waals surface area contributed by atoms with Crippen LogP contribution in [0.1, 0.15) is 45.1 Å². The van der Waals surface area contributed by atoms with Crippen LogP contribution in [0.5, 0.6) is 0 Å². The minimum Gasteiger partial charge on any atom is -0.300 e. The molecule has 0 amide bonds. The lowest BCUT2D eigenvalue weighted by Gasteiger charge is -2.06. The van der Waals surface area contributed by atoms with Gasteiger partial charge in [0.15, 0.2) is 0 Å². The maximum atomic E-state index is 11.0. The lowest BCUT2D eigenvalue weighted by Crippen LogP contribution is -1.90. The summed E-state index contributed by atoms with van der Waals surface area (Å²) in [5, 5.41) is 0. The fraction of sp³-hybridized carbons (Fsp3) is 0.400. The molecule has 0 aliphatic rings. The van der Waals surface area contributed by atoms with Crippen molar-refractivity contribution in [3.8, 4) is 0 Å². The molecule has 1 heteroatoms. The highest BCUT2D eigenvalue weighted by Crippen LogP contribution is 2.21. The van der Waals surface area contributed by atoms with Gasteiger partial charge in [-0.3, -0.25) is 4.79 Å². The van der Waals surface area contributed by atoms with Crippen LogP contribution in [0.25, 0.3) is 5.57 Å². The third-order valence-corrected chi connectivity index (χ3v) is 2.58. The average molecular weight is 216 g/mol. The first-order valence-electron chi connectivity index (χ1n) is 5.98. The highest BCUT2D eigenvalue weighted by molar-refractivity contribution is 5.79. The third kappa shape index (κ3) is 4.43. The molecule has 0 saturated carbocycles. The topological polar surface area (TPSA) is 17.1 Å². The van der Waals surface area contributed by atoms with Crippen LogP contribution in [0.3, 0.4) is 0 Å². The number of carbonyl (C=O) groups excluding carboxylic acids is 1. The SMILES string of the molecule is CCCCC(=CCC(C)=O)c1ccccc1. The number of ketones is 1. The standard InChI is InChI=1S/C15H20O/c1-3-4-8-15(12-11-13(2)16)14-9-6-5-7-10-14/h5-7,9-10,12H,3-4,8,11H2,1-2H3. The van der Waals surface area contributed by atoms with Crippen LogP contribution < -0.4 is 0 Å². The van der Waals surface area contributed by atoms with E-state index in [4.69, 9.17) is 0 Å². The van der Waals surface area contributed by atoms with Gasteiger partial charge in [0.1, 0.15) is 5.78 Å². The Morgan fingerprint density at radius 2 is 1.94 bits per heavy atom. The predicted molar refractivity (Wildman–Crippen MR) is 69.2 cm³/mol. The summed E-state index contributed by atoms with van der Waals surface area (Å²) in [6, 6.07) is 10.3. The van der Waals surface area contributed by atoms with E-state index >= 15 is 0 Å². The van der Waals surface area contributed by atoms with Crippen LogP contribution >= 0.6 is 0 Å². The molecule has 0 saturated heterocycles. The molecule has 0 radical (unpaired) electrons. The Kier molecular flexibility index (Phi) is 5.55. The predicted octanol–water partition coefficient (Wildman–Crippen LogP) is 4.24. The number of benzene rings is 1. The van der Waals surface area contributed by atoms with Crippen molar-refractivity contribution >= 4 is 11.4 Å². The van der Waals surface area contributed by atoms with E-state index in [1.165, 1.54) is 24.0 Å². The molecule has 16 heavy (non-hydrogen) atoms. The third-order valence-electron chi connectivity index (χ3n) is 2.58. The van der Waals surface area contributed by atoms with Gasteiger partial charge in [0.2, 0.25) is 0 Å². The van der Waals surface area contributed by atoms with Gasteiger partial charge in [-0.25, -0.2) is 0 Å². The van der Waals surface area contributed by atoms with Crippen molar-refractivity contribution in [3.63, 3.8) is 0 Å². The minimum absolute atomic E-state index is 0.227. The number of hydrogen-bond acceptors (Lipinski definition) is 1. The van der Waals surface area contributed by atoms with Crippen molar-refractivity contribution in [1.29, 1.82) is 0 Å². The molecule has 1 rings (SSSR count). The summed E-state index contributed by atoms with van der Waals surface area (Å²) in [5.41, 5.74) is 2.55. The molecule has 0 atom stereocenters. The van der Waals surface area contributed by atoms with Crippen molar-refractivity contribution in [2.75, 3.05) is 0 Å². The number of Topliss-reactive ketones (excluding diaryl/α,β-unsaturated/α-hetero) is 1. The molecule has 0 aromatic heterocycles. The van der Waals surface area contributed by atoms with Gasteiger partial charge in [-0.05, 0) is 30.9 Å². The highest BCUT2D eigenvalue weighted by Gasteiger charge is 2.01. The molecular formula is C15H20O. The second-order valence-corrected chi connectivity index (χ2v) is 4.11. The minimum atomic E-state index is 0.227. The van der Waals surface area contributed by atoms with E-state index in [1.54, 1.807) is 6.92 Å². The van der Waals surface area contributed by atoms with E-state index < -0.39 is 0 Å². The Morgan fingerprint density at radius 3 is 2.50 bits per heavy atom. The first kappa shape index (κ1) is 12.7. The van der Waals surface area contributed by atoms with Gasteiger partial charge in [0.25, 0.3) is 0 Å². The van der Waals surface area contributed by atoms with Crippen LogP contribution in [0, 0.1) is 0 Å². The van der Waals surface area contributed by atoms with Gasteiger partial charge in [0, 0.05) is 6.42 Å². The summed E-state index contributed by atoms with van der Waals surface area (Å²) in [4.78, 5) is 11.0. The number of carbonyl (C=O) groups is 1. The molecule has 0 fully saturated rings. The van der Waals surface area contributed by atoms with Gasteiger partial charge in [0.05, 0.1) is 0 Å². The van der Waals surface area contributed by atoms with Crippen molar-refractivity contribution in [3.05, 3.63) is 42.0 Å². The molecule has 0 spiro atoms. The Bertz CT molecular complexity index is 349. The van der Waals surface area contributed by atoms with Crippen LogP contribution in [0.2, 0.25) is 0 Å². The summed E-state index contributed by atoms with van der Waals surface area (Å²) in [6.07, 6.45) is 6.05. The van der Waals surface area contributed by atoms with Crippen molar-refractivity contribution in [1.82, 2.24) is 0 Å². The molecule has 0 N–H and O–H groups in total. The molecule has 0 aliphatic heterocycles. The lowest BCUT2D eigenvalue weighted by atomic mass is 9.99. The lowest BCUT2D eigenvalue weighted by molar-refractivity contribution is -0.116. The molecule has 1 nitrogen and oxygen atoms in total. The van der Waals surface area contributed by atoms with Crippen LogP contribution in [0.15, 0.2) is 36.4 Å². The van der Waals surface area contributed by atoms with Crippen LogP contribution in [-0.4, -0.2) is 5.78 Å². The summed E-state index contributed by atoms with van der Waals surface area (Å²) >= 11 is 0. The molecule has 0 heterocycles. The second-order valence-electron chi connectivity index (χ2n) is 4.11. The van der Waals surface area contributed by atoms with E-state index in [9.17, 15) is 4.79 Å². The smallest absolute Gasteiger partial charge is 0.133 e. The van der Waals surface area contributed by atoms with Gasteiger partial charge in [-0.1, -0.05) is 49.8 Å². The summed E-state index contributed by atoms with van der Waals surface area (Å²) in [6.45, 7) is 3.83. The second kappa shape index (κ2) is 7.00. The molecule has 1 aromatic rings. The van der Waals surface area contributed by atoms with E-state index in [-0.39, 0.29) is 5.78 Å².